The van der Waals surface area contributed by atoms with E-state index in [4.69, 9.17) is 11.6 Å². The molecule has 0 amide bonds. The lowest BCUT2D eigenvalue weighted by molar-refractivity contribution is 0.238. The molecule has 1 aromatic heterocycles. The zero-order chi connectivity index (χ0) is 11.4. The zero-order valence-corrected chi connectivity index (χ0v) is 11.2. The first kappa shape index (κ1) is 12.1. The van der Waals surface area contributed by atoms with E-state index < -0.39 is 0 Å². The maximum Gasteiger partial charge on any atom is 0.205 e. The largest absolute Gasteiger partial charge is 0.359 e. The van der Waals surface area contributed by atoms with E-state index in [1.165, 1.54) is 32.1 Å². The van der Waals surface area contributed by atoms with Gasteiger partial charge in [0.2, 0.25) is 5.13 Å². The highest BCUT2D eigenvalue weighted by Crippen LogP contribution is 2.37. The molecule has 0 saturated heterocycles. The minimum absolute atomic E-state index is 0.277. The SMILES string of the molecule is Cc1nnc(NCC2(CCl)CCCCC2)s1. The fourth-order valence-electron chi connectivity index (χ4n) is 2.29. The highest BCUT2D eigenvalue weighted by Gasteiger charge is 2.31. The molecule has 0 unspecified atom stereocenters. The zero-order valence-electron chi connectivity index (χ0n) is 9.63. The molecule has 0 radical (unpaired) electrons. The summed E-state index contributed by atoms with van der Waals surface area (Å²) in [5.74, 6) is 0.748. The van der Waals surface area contributed by atoms with Crippen LogP contribution >= 0.6 is 22.9 Å². The fourth-order valence-corrected chi connectivity index (χ4v) is 3.24. The molecule has 1 aromatic rings. The Bertz CT molecular complexity index is 334. The number of aromatic nitrogens is 2. The van der Waals surface area contributed by atoms with Gasteiger partial charge in [-0.25, -0.2) is 0 Å². The second-order valence-corrected chi connectivity index (χ2v) is 6.12. The number of anilines is 1. The Hall–Kier alpha value is -0.350. The molecule has 0 bridgehead atoms. The van der Waals surface area contributed by atoms with E-state index in [0.29, 0.717) is 0 Å². The number of hydrogen-bond donors (Lipinski definition) is 1. The molecule has 0 spiro atoms. The molecule has 16 heavy (non-hydrogen) atoms. The highest BCUT2D eigenvalue weighted by molar-refractivity contribution is 7.15. The van der Waals surface area contributed by atoms with Gasteiger partial charge in [-0.2, -0.15) is 0 Å². The van der Waals surface area contributed by atoms with E-state index in [2.05, 4.69) is 15.5 Å². The topological polar surface area (TPSA) is 37.8 Å². The average molecular weight is 260 g/mol. The van der Waals surface area contributed by atoms with Crippen LogP contribution in [0.1, 0.15) is 37.1 Å². The maximum atomic E-state index is 6.14. The number of halogens is 1. The second-order valence-electron chi connectivity index (χ2n) is 4.67. The van der Waals surface area contributed by atoms with Crippen LogP contribution in [0.25, 0.3) is 0 Å². The van der Waals surface area contributed by atoms with Crippen LogP contribution in [0.4, 0.5) is 5.13 Å². The third-order valence-electron chi connectivity index (χ3n) is 3.34. The molecule has 1 heterocycles. The fraction of sp³-hybridized carbons (Fsp3) is 0.818. The quantitative estimate of drug-likeness (QED) is 0.842. The molecule has 1 fully saturated rings. The van der Waals surface area contributed by atoms with Crippen molar-refractivity contribution in [3.05, 3.63) is 5.01 Å². The highest BCUT2D eigenvalue weighted by atomic mass is 35.5. The van der Waals surface area contributed by atoms with Gasteiger partial charge in [0.15, 0.2) is 0 Å². The standard InChI is InChI=1S/C11H18ClN3S/c1-9-14-15-10(16-9)13-8-11(7-12)5-3-2-4-6-11/h2-8H2,1H3,(H,13,15). The Kier molecular flexibility index (Phi) is 4.03. The Morgan fingerprint density at radius 1 is 1.31 bits per heavy atom. The molecule has 1 aliphatic rings. The van der Waals surface area contributed by atoms with Crippen LogP contribution in [0.15, 0.2) is 0 Å². The van der Waals surface area contributed by atoms with Crippen molar-refractivity contribution in [3.8, 4) is 0 Å². The van der Waals surface area contributed by atoms with E-state index >= 15 is 0 Å². The number of nitrogens with zero attached hydrogens (tertiary/aromatic N) is 2. The van der Waals surface area contributed by atoms with E-state index in [-0.39, 0.29) is 5.41 Å². The van der Waals surface area contributed by atoms with Crippen LogP contribution in [0.3, 0.4) is 0 Å². The summed E-state index contributed by atoms with van der Waals surface area (Å²) in [6.45, 7) is 2.91. The van der Waals surface area contributed by atoms with Gasteiger partial charge in [-0.3, -0.25) is 0 Å². The van der Waals surface area contributed by atoms with E-state index in [1.54, 1.807) is 11.3 Å². The van der Waals surface area contributed by atoms with Crippen molar-refractivity contribution in [3.63, 3.8) is 0 Å². The predicted octanol–water partition coefficient (Wildman–Crippen LogP) is 3.45. The first-order valence-corrected chi connectivity index (χ1v) is 7.19. The van der Waals surface area contributed by atoms with Gasteiger partial charge in [-0.15, -0.1) is 21.8 Å². The minimum atomic E-state index is 0.277. The lowest BCUT2D eigenvalue weighted by Crippen LogP contribution is -2.33. The predicted molar refractivity (Wildman–Crippen MR) is 69.4 cm³/mol. The molecule has 2 rings (SSSR count). The van der Waals surface area contributed by atoms with Crippen molar-refractivity contribution >= 4 is 28.1 Å². The van der Waals surface area contributed by atoms with E-state index in [1.807, 2.05) is 6.92 Å². The molecule has 0 atom stereocenters. The summed E-state index contributed by atoms with van der Waals surface area (Å²) < 4.78 is 0. The number of aryl methyl sites for hydroxylation is 1. The van der Waals surface area contributed by atoms with Crippen molar-refractivity contribution in [2.75, 3.05) is 17.7 Å². The van der Waals surface area contributed by atoms with Crippen LogP contribution in [-0.4, -0.2) is 22.6 Å². The van der Waals surface area contributed by atoms with Crippen molar-refractivity contribution in [1.82, 2.24) is 10.2 Å². The summed E-state index contributed by atoms with van der Waals surface area (Å²) in [6.07, 6.45) is 6.45. The third kappa shape index (κ3) is 2.86. The van der Waals surface area contributed by atoms with E-state index in [0.717, 1.165) is 22.6 Å². The Balaban J connectivity index is 1.91. The smallest absolute Gasteiger partial charge is 0.205 e. The monoisotopic (exact) mass is 259 g/mol. The molecule has 0 aromatic carbocycles. The average Bonchev–Trinajstić information content (AvgIpc) is 2.74. The molecule has 1 aliphatic carbocycles. The first-order chi connectivity index (χ1) is 7.74. The number of nitrogens with one attached hydrogen (secondary N) is 1. The van der Waals surface area contributed by atoms with Gasteiger partial charge in [0.25, 0.3) is 0 Å². The van der Waals surface area contributed by atoms with Gasteiger partial charge in [-0.1, -0.05) is 30.6 Å². The third-order valence-corrected chi connectivity index (χ3v) is 4.70. The molecule has 90 valence electrons. The van der Waals surface area contributed by atoms with Crippen LogP contribution in [-0.2, 0) is 0 Å². The summed E-state index contributed by atoms with van der Waals surface area (Å²) in [5.41, 5.74) is 0.277. The summed E-state index contributed by atoms with van der Waals surface area (Å²) >= 11 is 7.75. The lowest BCUT2D eigenvalue weighted by atomic mass is 9.75. The molecule has 0 aliphatic heterocycles. The van der Waals surface area contributed by atoms with Crippen LogP contribution in [0.2, 0.25) is 0 Å². The van der Waals surface area contributed by atoms with Crippen LogP contribution in [0, 0.1) is 12.3 Å². The molecular formula is C11H18ClN3S. The Morgan fingerprint density at radius 2 is 2.06 bits per heavy atom. The lowest BCUT2D eigenvalue weighted by Gasteiger charge is -2.35. The maximum absolute atomic E-state index is 6.14. The molecule has 5 heteroatoms. The normalized spacial score (nSPS) is 19.6. The van der Waals surface area contributed by atoms with Crippen LogP contribution < -0.4 is 5.32 Å². The molecule has 3 nitrogen and oxygen atoms in total. The molecule has 1 saturated carbocycles. The number of alkyl halides is 1. The minimum Gasteiger partial charge on any atom is -0.359 e. The summed E-state index contributed by atoms with van der Waals surface area (Å²) in [6, 6.07) is 0. The Morgan fingerprint density at radius 3 is 2.62 bits per heavy atom. The van der Waals surface area contributed by atoms with Gasteiger partial charge >= 0.3 is 0 Å². The summed E-state index contributed by atoms with van der Waals surface area (Å²) in [4.78, 5) is 0. The van der Waals surface area contributed by atoms with Gasteiger partial charge in [0.1, 0.15) is 5.01 Å². The summed E-state index contributed by atoms with van der Waals surface area (Å²) in [7, 11) is 0. The summed E-state index contributed by atoms with van der Waals surface area (Å²) in [5, 5.41) is 13.4. The van der Waals surface area contributed by atoms with Crippen molar-refractivity contribution in [1.29, 1.82) is 0 Å². The first-order valence-electron chi connectivity index (χ1n) is 5.84. The van der Waals surface area contributed by atoms with Crippen molar-refractivity contribution < 1.29 is 0 Å². The van der Waals surface area contributed by atoms with Crippen molar-refractivity contribution in [2.45, 2.75) is 39.0 Å². The number of rotatable bonds is 4. The van der Waals surface area contributed by atoms with Crippen molar-refractivity contribution in [2.24, 2.45) is 5.41 Å². The van der Waals surface area contributed by atoms with Gasteiger partial charge in [0, 0.05) is 17.8 Å². The Labute approximate surface area is 106 Å². The number of hydrogen-bond acceptors (Lipinski definition) is 4. The van der Waals surface area contributed by atoms with Gasteiger partial charge in [-0.05, 0) is 19.8 Å². The second kappa shape index (κ2) is 5.32. The van der Waals surface area contributed by atoms with Gasteiger partial charge in [0.05, 0.1) is 0 Å². The molecule has 1 N–H and O–H groups in total. The van der Waals surface area contributed by atoms with E-state index in [9.17, 15) is 0 Å². The van der Waals surface area contributed by atoms with Gasteiger partial charge < -0.3 is 5.32 Å². The van der Waals surface area contributed by atoms with Crippen LogP contribution in [0.5, 0.6) is 0 Å². The molecular weight excluding hydrogens is 242 g/mol.